The molecule has 154 valence electrons. The van der Waals surface area contributed by atoms with Gasteiger partial charge >= 0.3 is 0 Å². The van der Waals surface area contributed by atoms with Crippen LogP contribution in [-0.4, -0.2) is 23.5 Å². The third-order valence-electron chi connectivity index (χ3n) is 6.60. The van der Waals surface area contributed by atoms with Crippen LogP contribution in [0.1, 0.15) is 42.1 Å². The largest absolute Gasteiger partial charge is 0.508 e. The average molecular weight is 400 g/mol. The highest BCUT2D eigenvalue weighted by atomic mass is 16.3. The van der Waals surface area contributed by atoms with Crippen molar-refractivity contribution in [2.75, 3.05) is 11.4 Å². The minimum absolute atomic E-state index is 0.168. The van der Waals surface area contributed by atoms with E-state index in [2.05, 4.69) is 36.1 Å². The molecule has 0 amide bonds. The van der Waals surface area contributed by atoms with Gasteiger partial charge in [-0.05, 0) is 43.9 Å². The molecule has 3 nitrogen and oxygen atoms in total. The number of phenols is 1. The Morgan fingerprint density at radius 2 is 1.70 bits per heavy atom. The zero-order valence-electron chi connectivity index (χ0n) is 17.5. The Morgan fingerprint density at radius 3 is 2.40 bits per heavy atom. The average Bonchev–Trinajstić information content (AvgIpc) is 2.77. The lowest BCUT2D eigenvalue weighted by atomic mass is 9.66. The van der Waals surface area contributed by atoms with E-state index in [0.717, 1.165) is 37.1 Å². The summed E-state index contributed by atoms with van der Waals surface area (Å²) in [4.78, 5) is 15.7. The van der Waals surface area contributed by atoms with Gasteiger partial charge in [0, 0.05) is 41.7 Å². The highest BCUT2D eigenvalue weighted by molar-refractivity contribution is 5.96. The lowest BCUT2D eigenvalue weighted by molar-refractivity contribution is 0.0834. The van der Waals surface area contributed by atoms with Crippen molar-refractivity contribution in [3.8, 4) is 5.75 Å². The number of aromatic hydroxyl groups is 1. The number of phenolic OH excluding ortho intramolecular Hbond substituents is 1. The molecule has 0 aliphatic carbocycles. The first-order chi connectivity index (χ1) is 14.6. The molecule has 0 bridgehead atoms. The van der Waals surface area contributed by atoms with E-state index in [1.165, 1.54) is 5.56 Å². The van der Waals surface area contributed by atoms with Crippen LogP contribution in [0.3, 0.4) is 0 Å². The highest BCUT2D eigenvalue weighted by Gasteiger charge is 2.43. The van der Waals surface area contributed by atoms with E-state index in [1.54, 1.807) is 6.07 Å². The summed E-state index contributed by atoms with van der Waals surface area (Å²) in [5.74, 6) is 0.482. The number of nitrogens with zero attached hydrogens (tertiary/aromatic N) is 1. The fourth-order valence-corrected chi connectivity index (χ4v) is 4.94. The summed E-state index contributed by atoms with van der Waals surface area (Å²) in [6.45, 7) is 3.17. The summed E-state index contributed by atoms with van der Waals surface area (Å²) in [6.07, 6.45) is 3.41. The third kappa shape index (κ3) is 4.25. The predicted octanol–water partition coefficient (Wildman–Crippen LogP) is 5.88. The highest BCUT2D eigenvalue weighted by Crippen LogP contribution is 2.44. The molecule has 4 rings (SSSR count). The third-order valence-corrected chi connectivity index (χ3v) is 6.60. The van der Waals surface area contributed by atoms with Crippen molar-refractivity contribution in [1.29, 1.82) is 0 Å². The van der Waals surface area contributed by atoms with Crippen LogP contribution in [0.4, 0.5) is 5.69 Å². The summed E-state index contributed by atoms with van der Waals surface area (Å²) in [5, 5.41) is 10.0. The van der Waals surface area contributed by atoms with Gasteiger partial charge in [0.05, 0.1) is 0 Å². The SMILES string of the molecule is CC1N(c2cccc(O)c2)CCCC1(CC(=O)c1ccccc1)Cc1ccccc1. The number of carbonyl (C=O) groups excluding carboxylic acids is 1. The maximum atomic E-state index is 13.3. The van der Waals surface area contributed by atoms with Gasteiger partial charge < -0.3 is 10.0 Å². The Labute approximate surface area is 179 Å². The number of piperidine rings is 1. The molecule has 3 heteroatoms. The van der Waals surface area contributed by atoms with Crippen LogP contribution in [0.15, 0.2) is 84.9 Å². The number of hydrogen-bond acceptors (Lipinski definition) is 3. The van der Waals surface area contributed by atoms with Gasteiger partial charge in [0.15, 0.2) is 5.78 Å². The molecule has 0 saturated carbocycles. The molecule has 0 aromatic heterocycles. The van der Waals surface area contributed by atoms with E-state index in [-0.39, 0.29) is 23.0 Å². The summed E-state index contributed by atoms with van der Waals surface area (Å²) >= 11 is 0. The van der Waals surface area contributed by atoms with Crippen molar-refractivity contribution >= 4 is 11.5 Å². The maximum Gasteiger partial charge on any atom is 0.163 e. The molecule has 1 N–H and O–H groups in total. The van der Waals surface area contributed by atoms with Gasteiger partial charge in [-0.1, -0.05) is 66.7 Å². The maximum absolute atomic E-state index is 13.3. The van der Waals surface area contributed by atoms with Gasteiger partial charge in [-0.2, -0.15) is 0 Å². The number of hydrogen-bond donors (Lipinski definition) is 1. The Balaban J connectivity index is 1.69. The number of anilines is 1. The van der Waals surface area contributed by atoms with Crippen molar-refractivity contribution < 1.29 is 9.90 Å². The minimum atomic E-state index is -0.169. The van der Waals surface area contributed by atoms with Crippen LogP contribution in [0.2, 0.25) is 0 Å². The van der Waals surface area contributed by atoms with Crippen molar-refractivity contribution in [2.24, 2.45) is 5.41 Å². The molecule has 0 radical (unpaired) electrons. The second-order valence-corrected chi connectivity index (χ2v) is 8.48. The topological polar surface area (TPSA) is 40.5 Å². The van der Waals surface area contributed by atoms with Crippen LogP contribution >= 0.6 is 0 Å². The quantitative estimate of drug-likeness (QED) is 0.526. The number of carbonyl (C=O) groups is 1. The standard InChI is InChI=1S/C27H29NO2/c1-21-27(19-22-10-4-2-5-11-22,20-26(30)23-12-6-3-7-13-23)16-9-17-28(21)24-14-8-15-25(29)18-24/h2-8,10-15,18,21,29H,9,16-17,19-20H2,1H3. The molecule has 2 unspecified atom stereocenters. The summed E-state index contributed by atoms with van der Waals surface area (Å²) in [7, 11) is 0. The predicted molar refractivity (Wildman–Crippen MR) is 122 cm³/mol. The first-order valence-electron chi connectivity index (χ1n) is 10.8. The number of ketones is 1. The molecule has 0 spiro atoms. The number of rotatable bonds is 6. The Morgan fingerprint density at radius 1 is 1.00 bits per heavy atom. The lowest BCUT2D eigenvalue weighted by Crippen LogP contribution is -2.53. The van der Waals surface area contributed by atoms with E-state index in [4.69, 9.17) is 0 Å². The van der Waals surface area contributed by atoms with E-state index in [1.807, 2.05) is 54.6 Å². The molecule has 2 atom stereocenters. The summed E-state index contributed by atoms with van der Waals surface area (Å²) in [5.41, 5.74) is 2.90. The van der Waals surface area contributed by atoms with Crippen molar-refractivity contribution in [1.82, 2.24) is 0 Å². The number of Topliss-reactive ketones (excluding diaryl/α,β-unsaturated/α-hetero) is 1. The molecule has 30 heavy (non-hydrogen) atoms. The van der Waals surface area contributed by atoms with Gasteiger partial charge in [-0.15, -0.1) is 0 Å². The molecule has 3 aromatic rings. The Kier molecular flexibility index (Phi) is 5.89. The Hall–Kier alpha value is -3.07. The van der Waals surface area contributed by atoms with E-state index in [9.17, 15) is 9.90 Å². The van der Waals surface area contributed by atoms with Crippen molar-refractivity contribution in [2.45, 2.75) is 38.6 Å². The van der Waals surface area contributed by atoms with E-state index < -0.39 is 0 Å². The fraction of sp³-hybridized carbons (Fsp3) is 0.296. The van der Waals surface area contributed by atoms with Crippen molar-refractivity contribution in [3.05, 3.63) is 96.1 Å². The van der Waals surface area contributed by atoms with E-state index >= 15 is 0 Å². The van der Waals surface area contributed by atoms with E-state index in [0.29, 0.717) is 6.42 Å². The van der Waals surface area contributed by atoms with Gasteiger partial charge in [-0.25, -0.2) is 0 Å². The molecule has 1 saturated heterocycles. The van der Waals surface area contributed by atoms with Gasteiger partial charge in [0.1, 0.15) is 5.75 Å². The molecular weight excluding hydrogens is 370 g/mol. The first kappa shape index (κ1) is 20.2. The van der Waals surface area contributed by atoms with Gasteiger partial charge in [0.25, 0.3) is 0 Å². The van der Waals surface area contributed by atoms with Gasteiger partial charge in [0.2, 0.25) is 0 Å². The molecule has 1 aliphatic rings. The first-order valence-corrected chi connectivity index (χ1v) is 10.8. The Bertz CT molecular complexity index is 986. The fourth-order valence-electron chi connectivity index (χ4n) is 4.94. The van der Waals surface area contributed by atoms with Crippen LogP contribution in [0.5, 0.6) is 5.75 Å². The number of benzene rings is 3. The monoisotopic (exact) mass is 399 g/mol. The minimum Gasteiger partial charge on any atom is -0.508 e. The summed E-state index contributed by atoms with van der Waals surface area (Å²) < 4.78 is 0. The second kappa shape index (κ2) is 8.74. The molecule has 1 aliphatic heterocycles. The zero-order valence-corrected chi connectivity index (χ0v) is 17.5. The van der Waals surface area contributed by atoms with Crippen LogP contribution < -0.4 is 4.90 Å². The summed E-state index contributed by atoms with van der Waals surface area (Å²) in [6, 6.07) is 27.8. The normalized spacial score (nSPS) is 21.4. The van der Waals surface area contributed by atoms with Crippen LogP contribution in [0, 0.1) is 5.41 Å². The lowest BCUT2D eigenvalue weighted by Gasteiger charge is -2.50. The van der Waals surface area contributed by atoms with Crippen LogP contribution in [0.25, 0.3) is 0 Å². The molecule has 1 fully saturated rings. The van der Waals surface area contributed by atoms with Crippen LogP contribution in [-0.2, 0) is 6.42 Å². The molecule has 1 heterocycles. The smallest absolute Gasteiger partial charge is 0.163 e. The molecule has 3 aromatic carbocycles. The van der Waals surface area contributed by atoms with Crippen molar-refractivity contribution in [3.63, 3.8) is 0 Å². The molecular formula is C27H29NO2. The zero-order chi connectivity index (χ0) is 21.0. The second-order valence-electron chi connectivity index (χ2n) is 8.48. The van der Waals surface area contributed by atoms with Gasteiger partial charge in [-0.3, -0.25) is 4.79 Å².